The van der Waals surface area contributed by atoms with Crippen molar-refractivity contribution in [2.24, 2.45) is 0 Å². The molecule has 2 amide bonds. The minimum Gasteiger partial charge on any atom is -0.396 e. The molecule has 0 aliphatic carbocycles. The second kappa shape index (κ2) is 5.84. The Morgan fingerprint density at radius 3 is 2.95 bits per heavy atom. The fraction of sp³-hybridized carbons (Fsp3) is 0.429. The van der Waals surface area contributed by atoms with Crippen LogP contribution >= 0.6 is 0 Å². The predicted octanol–water partition coefficient (Wildman–Crippen LogP) is 0.708. The van der Waals surface area contributed by atoms with Gasteiger partial charge in [-0.15, -0.1) is 0 Å². The lowest BCUT2D eigenvalue weighted by Crippen LogP contribution is -2.31. The van der Waals surface area contributed by atoms with Crippen LogP contribution in [0, 0.1) is 0 Å². The van der Waals surface area contributed by atoms with Crippen LogP contribution in [0.25, 0.3) is 0 Å². The zero-order valence-corrected chi connectivity index (χ0v) is 11.0. The number of carbonyl (C=O) groups excluding carboxylic acids is 2. The average Bonchev–Trinajstić information content (AvgIpc) is 2.43. The van der Waals surface area contributed by atoms with Crippen molar-refractivity contribution >= 4 is 17.5 Å². The Balaban J connectivity index is 2.13. The van der Waals surface area contributed by atoms with E-state index in [-0.39, 0.29) is 18.4 Å². The molecule has 2 rings (SSSR count). The molecular formula is C14H18N2O3. The number of rotatable bonds is 4. The summed E-state index contributed by atoms with van der Waals surface area (Å²) < 4.78 is 0. The fourth-order valence-corrected chi connectivity index (χ4v) is 2.18. The van der Waals surface area contributed by atoms with Gasteiger partial charge in [0.15, 0.2) is 0 Å². The maximum absolute atomic E-state index is 11.9. The first kappa shape index (κ1) is 13.5. The molecule has 19 heavy (non-hydrogen) atoms. The highest BCUT2D eigenvalue weighted by atomic mass is 16.3. The van der Waals surface area contributed by atoms with Gasteiger partial charge in [-0.25, -0.2) is 0 Å². The highest BCUT2D eigenvalue weighted by Crippen LogP contribution is 2.27. The van der Waals surface area contributed by atoms with Crippen molar-refractivity contribution in [1.29, 1.82) is 0 Å². The monoisotopic (exact) mass is 262 g/mol. The number of aliphatic hydroxyl groups excluding tert-OH is 1. The number of aryl methyl sites for hydroxylation is 1. The van der Waals surface area contributed by atoms with Gasteiger partial charge >= 0.3 is 0 Å². The van der Waals surface area contributed by atoms with Gasteiger partial charge in [-0.2, -0.15) is 0 Å². The number of amides is 2. The Labute approximate surface area is 112 Å². The largest absolute Gasteiger partial charge is 0.396 e. The van der Waals surface area contributed by atoms with Crippen LogP contribution in [0.5, 0.6) is 0 Å². The number of nitrogens with zero attached hydrogens (tertiary/aromatic N) is 1. The van der Waals surface area contributed by atoms with E-state index >= 15 is 0 Å². The molecule has 1 aromatic rings. The molecule has 1 heterocycles. The summed E-state index contributed by atoms with van der Waals surface area (Å²) in [6.45, 7) is 0.530. The van der Waals surface area contributed by atoms with Gasteiger partial charge in [0.05, 0.1) is 0 Å². The van der Waals surface area contributed by atoms with Crippen LogP contribution in [-0.2, 0) is 11.2 Å². The van der Waals surface area contributed by atoms with Gasteiger partial charge in [0.25, 0.3) is 5.91 Å². The molecule has 0 fully saturated rings. The minimum atomic E-state index is -0.143. The van der Waals surface area contributed by atoms with Crippen LogP contribution in [0.3, 0.4) is 0 Å². The molecule has 5 nitrogen and oxygen atoms in total. The highest BCUT2D eigenvalue weighted by molar-refractivity contribution is 5.98. The normalized spacial score (nSPS) is 14.2. The lowest BCUT2D eigenvalue weighted by molar-refractivity contribution is -0.118. The molecule has 0 aromatic heterocycles. The van der Waals surface area contributed by atoms with Crippen molar-refractivity contribution in [1.82, 2.24) is 5.32 Å². The van der Waals surface area contributed by atoms with Gasteiger partial charge in [0.1, 0.15) is 0 Å². The number of hydrogen-bond acceptors (Lipinski definition) is 3. The lowest BCUT2D eigenvalue weighted by atomic mass is 9.99. The van der Waals surface area contributed by atoms with Crippen LogP contribution < -0.4 is 10.2 Å². The predicted molar refractivity (Wildman–Crippen MR) is 72.2 cm³/mol. The lowest BCUT2D eigenvalue weighted by Gasteiger charge is -2.26. The molecule has 1 aromatic carbocycles. The SMILES string of the molecule is CN1C(=O)CCc2cc(C(=O)NCCCO)ccc21. The van der Waals surface area contributed by atoms with E-state index in [1.807, 2.05) is 12.1 Å². The molecule has 0 bridgehead atoms. The third kappa shape index (κ3) is 2.93. The van der Waals surface area contributed by atoms with E-state index in [0.29, 0.717) is 31.4 Å². The number of nitrogens with one attached hydrogen (secondary N) is 1. The van der Waals surface area contributed by atoms with E-state index in [4.69, 9.17) is 5.11 Å². The van der Waals surface area contributed by atoms with E-state index in [9.17, 15) is 9.59 Å². The van der Waals surface area contributed by atoms with E-state index in [2.05, 4.69) is 5.32 Å². The number of hydrogen-bond donors (Lipinski definition) is 2. The molecule has 2 N–H and O–H groups in total. The highest BCUT2D eigenvalue weighted by Gasteiger charge is 2.21. The van der Waals surface area contributed by atoms with Gasteiger partial charge in [-0.1, -0.05) is 0 Å². The maximum Gasteiger partial charge on any atom is 0.251 e. The van der Waals surface area contributed by atoms with Crippen LogP contribution in [0.4, 0.5) is 5.69 Å². The first-order valence-corrected chi connectivity index (χ1v) is 6.42. The molecule has 0 atom stereocenters. The molecule has 5 heteroatoms. The number of fused-ring (bicyclic) bond motifs is 1. The van der Waals surface area contributed by atoms with Crippen LogP contribution in [-0.4, -0.2) is 37.1 Å². The standard InChI is InChI=1S/C14H18N2O3/c1-16-12-5-3-11(14(19)15-7-2-8-17)9-10(12)4-6-13(16)18/h3,5,9,17H,2,4,6-8H2,1H3,(H,15,19). The van der Waals surface area contributed by atoms with Crippen molar-refractivity contribution in [3.05, 3.63) is 29.3 Å². The van der Waals surface area contributed by atoms with E-state index in [0.717, 1.165) is 11.3 Å². The maximum atomic E-state index is 11.9. The van der Waals surface area contributed by atoms with Crippen LogP contribution in [0.2, 0.25) is 0 Å². The van der Waals surface area contributed by atoms with Gasteiger partial charge in [0.2, 0.25) is 5.91 Å². The zero-order valence-electron chi connectivity index (χ0n) is 11.0. The summed E-state index contributed by atoms with van der Waals surface area (Å²) in [5.74, 6) is -0.0385. The molecule has 1 aliphatic rings. The number of anilines is 1. The fourth-order valence-electron chi connectivity index (χ4n) is 2.18. The van der Waals surface area contributed by atoms with E-state index in [1.54, 1.807) is 18.0 Å². The third-order valence-corrected chi connectivity index (χ3v) is 3.31. The van der Waals surface area contributed by atoms with Crippen LogP contribution in [0.1, 0.15) is 28.8 Å². The molecule has 102 valence electrons. The first-order valence-electron chi connectivity index (χ1n) is 6.42. The second-order valence-corrected chi connectivity index (χ2v) is 4.63. The smallest absolute Gasteiger partial charge is 0.251 e. The summed E-state index contributed by atoms with van der Waals surface area (Å²) in [4.78, 5) is 25.1. The summed E-state index contributed by atoms with van der Waals surface area (Å²) >= 11 is 0. The van der Waals surface area contributed by atoms with Gasteiger partial charge in [-0.3, -0.25) is 9.59 Å². The van der Waals surface area contributed by atoms with E-state index < -0.39 is 0 Å². The minimum absolute atomic E-state index is 0.0668. The quantitative estimate of drug-likeness (QED) is 0.785. The molecule has 0 unspecified atom stereocenters. The van der Waals surface area contributed by atoms with Gasteiger partial charge in [-0.05, 0) is 36.6 Å². The van der Waals surface area contributed by atoms with E-state index in [1.165, 1.54) is 0 Å². The number of carbonyl (C=O) groups is 2. The van der Waals surface area contributed by atoms with Crippen molar-refractivity contribution in [2.45, 2.75) is 19.3 Å². The summed E-state index contributed by atoms with van der Waals surface area (Å²) in [5, 5.41) is 11.4. The van der Waals surface area contributed by atoms with Crippen molar-refractivity contribution in [3.63, 3.8) is 0 Å². The summed E-state index contributed by atoms with van der Waals surface area (Å²) in [6.07, 6.45) is 1.71. The topological polar surface area (TPSA) is 69.6 Å². The molecule has 0 radical (unpaired) electrons. The Morgan fingerprint density at radius 2 is 2.21 bits per heavy atom. The molecule has 0 saturated carbocycles. The number of aliphatic hydroxyl groups is 1. The number of benzene rings is 1. The molecule has 1 aliphatic heterocycles. The second-order valence-electron chi connectivity index (χ2n) is 4.63. The van der Waals surface area contributed by atoms with Crippen molar-refractivity contribution in [2.75, 3.05) is 25.1 Å². The van der Waals surface area contributed by atoms with Crippen molar-refractivity contribution in [3.8, 4) is 0 Å². The summed E-state index contributed by atoms with van der Waals surface area (Å²) in [6, 6.07) is 5.38. The van der Waals surface area contributed by atoms with Gasteiger partial charge < -0.3 is 15.3 Å². The first-order chi connectivity index (χ1) is 9.13. The Kier molecular flexibility index (Phi) is 4.16. The summed E-state index contributed by atoms with van der Waals surface area (Å²) in [7, 11) is 1.75. The van der Waals surface area contributed by atoms with Crippen LogP contribution in [0.15, 0.2) is 18.2 Å². The molecular weight excluding hydrogens is 244 g/mol. The Morgan fingerprint density at radius 1 is 1.42 bits per heavy atom. The Bertz CT molecular complexity index is 499. The summed E-state index contributed by atoms with van der Waals surface area (Å²) in [5.41, 5.74) is 2.50. The van der Waals surface area contributed by atoms with Crippen molar-refractivity contribution < 1.29 is 14.7 Å². The zero-order chi connectivity index (χ0) is 13.8. The Hall–Kier alpha value is -1.88. The molecule has 0 spiro atoms. The van der Waals surface area contributed by atoms with Gasteiger partial charge in [0, 0.05) is 37.9 Å². The third-order valence-electron chi connectivity index (χ3n) is 3.31. The average molecular weight is 262 g/mol. The molecule has 0 saturated heterocycles.